The maximum atomic E-state index is 12.6. The van der Waals surface area contributed by atoms with E-state index in [1.807, 2.05) is 49.4 Å². The summed E-state index contributed by atoms with van der Waals surface area (Å²) in [7, 11) is 0. The molecule has 1 aromatic heterocycles. The van der Waals surface area contributed by atoms with Gasteiger partial charge in [-0.25, -0.2) is 4.79 Å². The van der Waals surface area contributed by atoms with Gasteiger partial charge >= 0.3 is 6.03 Å². The molecule has 180 valence electrons. The van der Waals surface area contributed by atoms with Crippen LogP contribution in [0.2, 0.25) is 0 Å². The molecule has 0 aliphatic carbocycles. The predicted octanol–water partition coefficient (Wildman–Crippen LogP) is 2.92. The number of para-hydroxylation sites is 1. The molecule has 0 unspecified atom stereocenters. The van der Waals surface area contributed by atoms with Crippen LogP contribution in [-0.4, -0.2) is 52.2 Å². The van der Waals surface area contributed by atoms with Crippen LogP contribution >= 0.6 is 0 Å². The summed E-state index contributed by atoms with van der Waals surface area (Å²) in [6.45, 7) is 5.09. The Morgan fingerprint density at radius 3 is 2.50 bits per heavy atom. The van der Waals surface area contributed by atoms with Gasteiger partial charge in [0.25, 0.3) is 5.56 Å². The van der Waals surface area contributed by atoms with Gasteiger partial charge in [0.05, 0.1) is 5.56 Å². The Balaban J connectivity index is 1.64. The number of urea groups is 1. The zero-order valence-electron chi connectivity index (χ0n) is 19.4. The molecule has 1 heterocycles. The third-order valence-electron chi connectivity index (χ3n) is 5.40. The summed E-state index contributed by atoms with van der Waals surface area (Å²) < 4.78 is 0. The second-order valence-electron chi connectivity index (χ2n) is 8.05. The lowest BCUT2D eigenvalue weighted by atomic mass is 10.1. The van der Waals surface area contributed by atoms with Crippen molar-refractivity contribution >= 4 is 17.7 Å². The van der Waals surface area contributed by atoms with E-state index < -0.39 is 11.6 Å². The highest BCUT2D eigenvalue weighted by Crippen LogP contribution is 2.17. The normalized spacial score (nSPS) is 10.9. The summed E-state index contributed by atoms with van der Waals surface area (Å²) in [5, 5.41) is 14.4. The van der Waals surface area contributed by atoms with Crippen LogP contribution in [0.25, 0.3) is 11.1 Å². The van der Waals surface area contributed by atoms with Crippen LogP contribution in [0.3, 0.4) is 0 Å². The molecular weight excluding hydrogens is 432 g/mol. The number of aromatic nitrogens is 2. The van der Waals surface area contributed by atoms with Crippen molar-refractivity contribution in [3.8, 4) is 11.1 Å². The molecule has 0 spiro atoms. The number of aryl methyl sites for hydroxylation is 1. The highest BCUT2D eigenvalue weighted by atomic mass is 16.3. The van der Waals surface area contributed by atoms with Crippen molar-refractivity contribution in [1.29, 1.82) is 0 Å². The Kier molecular flexibility index (Phi) is 9.33. The minimum Gasteiger partial charge on any atom is -0.396 e. The molecule has 0 aliphatic heterocycles. The van der Waals surface area contributed by atoms with Gasteiger partial charge in [0, 0.05) is 31.6 Å². The first kappa shape index (κ1) is 25.1. The molecule has 2 amide bonds. The standard InChI is InChI=1S/C25H32N6O3/c1-18-6-2-3-7-22(18)28-25(34)30-24-27-16-21(23(33)29-24)20-10-8-19(9-11-20)17-31(13-4-12-26)14-5-15-32/h2-3,6-11,16,32H,4-5,12-15,17,26H2,1H3,(H3,27,28,29,30,33,34). The van der Waals surface area contributed by atoms with Gasteiger partial charge in [0.15, 0.2) is 0 Å². The van der Waals surface area contributed by atoms with Gasteiger partial charge in [-0.1, -0.05) is 42.5 Å². The number of aromatic amines is 1. The number of nitrogens with two attached hydrogens (primary N) is 1. The van der Waals surface area contributed by atoms with Crippen molar-refractivity contribution in [3.05, 3.63) is 76.2 Å². The number of anilines is 2. The van der Waals surface area contributed by atoms with Crippen LogP contribution in [0.15, 0.2) is 59.5 Å². The van der Waals surface area contributed by atoms with E-state index in [4.69, 9.17) is 10.8 Å². The first-order chi connectivity index (χ1) is 16.5. The van der Waals surface area contributed by atoms with E-state index in [9.17, 15) is 9.59 Å². The summed E-state index contributed by atoms with van der Waals surface area (Å²) in [6.07, 6.45) is 3.16. The van der Waals surface area contributed by atoms with Crippen LogP contribution in [0, 0.1) is 6.92 Å². The Hall–Kier alpha value is -3.53. The number of hydrogen-bond donors (Lipinski definition) is 5. The Labute approximate surface area is 199 Å². The number of amides is 2. The summed E-state index contributed by atoms with van der Waals surface area (Å²) in [6, 6.07) is 14.6. The lowest BCUT2D eigenvalue weighted by Gasteiger charge is -2.22. The summed E-state index contributed by atoms with van der Waals surface area (Å²) in [5.74, 6) is 0.0656. The van der Waals surface area contributed by atoms with Crippen molar-refractivity contribution < 1.29 is 9.90 Å². The molecule has 2 aromatic carbocycles. The largest absolute Gasteiger partial charge is 0.396 e. The molecule has 3 aromatic rings. The van der Waals surface area contributed by atoms with E-state index in [1.165, 1.54) is 0 Å². The molecule has 0 fully saturated rings. The highest BCUT2D eigenvalue weighted by Gasteiger charge is 2.11. The molecule has 0 radical (unpaired) electrons. The molecule has 6 N–H and O–H groups in total. The number of carbonyl (C=O) groups excluding carboxylic acids is 1. The number of aliphatic hydroxyl groups is 1. The minimum absolute atomic E-state index is 0.0656. The average Bonchev–Trinajstić information content (AvgIpc) is 2.83. The molecule has 9 heteroatoms. The smallest absolute Gasteiger partial charge is 0.326 e. The molecule has 0 bridgehead atoms. The first-order valence-corrected chi connectivity index (χ1v) is 11.4. The minimum atomic E-state index is -0.491. The topological polar surface area (TPSA) is 136 Å². The fourth-order valence-electron chi connectivity index (χ4n) is 3.57. The zero-order valence-corrected chi connectivity index (χ0v) is 19.4. The lowest BCUT2D eigenvalue weighted by molar-refractivity contribution is 0.217. The van der Waals surface area contributed by atoms with Crippen molar-refractivity contribution in [2.45, 2.75) is 26.3 Å². The fourth-order valence-corrected chi connectivity index (χ4v) is 3.57. The first-order valence-electron chi connectivity index (χ1n) is 11.4. The van der Waals surface area contributed by atoms with E-state index in [2.05, 4.69) is 25.5 Å². The van der Waals surface area contributed by atoms with Crippen LogP contribution in [0.4, 0.5) is 16.4 Å². The van der Waals surface area contributed by atoms with Crippen LogP contribution in [-0.2, 0) is 6.54 Å². The fraction of sp³-hybridized carbons (Fsp3) is 0.320. The van der Waals surface area contributed by atoms with E-state index >= 15 is 0 Å². The van der Waals surface area contributed by atoms with Gasteiger partial charge in [-0.15, -0.1) is 0 Å². The van der Waals surface area contributed by atoms with Gasteiger partial charge in [0.2, 0.25) is 5.95 Å². The van der Waals surface area contributed by atoms with Gasteiger partial charge in [0.1, 0.15) is 0 Å². The van der Waals surface area contributed by atoms with Crippen molar-refractivity contribution in [2.24, 2.45) is 5.73 Å². The van der Waals surface area contributed by atoms with E-state index in [0.29, 0.717) is 24.2 Å². The van der Waals surface area contributed by atoms with Gasteiger partial charge in [-0.2, -0.15) is 4.98 Å². The Morgan fingerprint density at radius 1 is 1.09 bits per heavy atom. The quantitative estimate of drug-likeness (QED) is 0.296. The number of H-pyrrole nitrogens is 1. The molecule has 0 atom stereocenters. The van der Waals surface area contributed by atoms with Gasteiger partial charge < -0.3 is 21.1 Å². The summed E-state index contributed by atoms with van der Waals surface area (Å²) in [4.78, 5) is 33.9. The van der Waals surface area contributed by atoms with Crippen LogP contribution < -0.4 is 21.9 Å². The number of rotatable bonds is 11. The number of nitrogens with one attached hydrogen (secondary N) is 3. The molecule has 0 saturated heterocycles. The second kappa shape index (κ2) is 12.6. The van der Waals surface area contributed by atoms with E-state index in [0.717, 1.165) is 42.7 Å². The number of benzene rings is 2. The third kappa shape index (κ3) is 7.24. The van der Waals surface area contributed by atoms with Crippen LogP contribution in [0.1, 0.15) is 24.0 Å². The number of carbonyl (C=O) groups is 1. The molecule has 9 nitrogen and oxygen atoms in total. The van der Waals surface area contributed by atoms with Crippen molar-refractivity contribution in [3.63, 3.8) is 0 Å². The molecule has 0 saturated carbocycles. The van der Waals surface area contributed by atoms with Crippen molar-refractivity contribution in [2.75, 3.05) is 36.9 Å². The Morgan fingerprint density at radius 2 is 1.82 bits per heavy atom. The summed E-state index contributed by atoms with van der Waals surface area (Å²) >= 11 is 0. The van der Waals surface area contributed by atoms with E-state index in [-0.39, 0.29) is 12.6 Å². The number of aliphatic hydroxyl groups excluding tert-OH is 1. The maximum Gasteiger partial charge on any atom is 0.326 e. The third-order valence-corrected chi connectivity index (χ3v) is 5.40. The number of hydrogen-bond acceptors (Lipinski definition) is 6. The maximum absolute atomic E-state index is 12.6. The predicted molar refractivity (Wildman–Crippen MR) is 135 cm³/mol. The highest BCUT2D eigenvalue weighted by molar-refractivity contribution is 5.99. The molecule has 0 aliphatic rings. The van der Waals surface area contributed by atoms with Crippen LogP contribution in [0.5, 0.6) is 0 Å². The second-order valence-corrected chi connectivity index (χ2v) is 8.05. The zero-order chi connectivity index (χ0) is 24.3. The number of nitrogens with zero attached hydrogens (tertiary/aromatic N) is 2. The van der Waals surface area contributed by atoms with Crippen molar-refractivity contribution in [1.82, 2.24) is 14.9 Å². The summed E-state index contributed by atoms with van der Waals surface area (Å²) in [5.41, 5.74) is 9.05. The lowest BCUT2D eigenvalue weighted by Crippen LogP contribution is -2.27. The molecule has 3 rings (SSSR count). The SMILES string of the molecule is Cc1ccccc1NC(=O)Nc1nc(=O)c(-c2ccc(CN(CCCN)CCCO)cc2)c[nH]1. The molecule has 34 heavy (non-hydrogen) atoms. The molecular formula is C25H32N6O3. The van der Waals surface area contributed by atoms with Gasteiger partial charge in [-0.05, 0) is 55.6 Å². The van der Waals surface area contributed by atoms with Gasteiger partial charge in [-0.3, -0.25) is 15.0 Å². The Bertz CT molecular complexity index is 1120. The monoisotopic (exact) mass is 464 g/mol. The van der Waals surface area contributed by atoms with E-state index in [1.54, 1.807) is 12.3 Å². The average molecular weight is 465 g/mol.